The fraction of sp³-hybridized carbons (Fsp3) is 0.857. The molecule has 0 unspecified atom stereocenters. The van der Waals surface area contributed by atoms with Gasteiger partial charge >= 0.3 is 12.0 Å². The monoisotopic (exact) mass is 284 g/mol. The van der Waals surface area contributed by atoms with Crippen molar-refractivity contribution in [2.24, 2.45) is 0 Å². The third-order valence-electron chi connectivity index (χ3n) is 4.29. The topological polar surface area (TPSA) is 78.9 Å². The van der Waals surface area contributed by atoms with Gasteiger partial charge in [-0.1, -0.05) is 12.8 Å². The summed E-state index contributed by atoms with van der Waals surface area (Å²) in [7, 11) is 0. The smallest absolute Gasteiger partial charge is 0.329 e. The second kappa shape index (κ2) is 6.43. The van der Waals surface area contributed by atoms with E-state index in [-0.39, 0.29) is 24.3 Å². The summed E-state index contributed by atoms with van der Waals surface area (Å²) in [6, 6.07) is 0.00563. The molecule has 0 aromatic carbocycles. The molecule has 20 heavy (non-hydrogen) atoms. The van der Waals surface area contributed by atoms with Gasteiger partial charge < -0.3 is 20.1 Å². The summed E-state index contributed by atoms with van der Waals surface area (Å²) in [6.07, 6.45) is 5.84. The Morgan fingerprint density at radius 2 is 1.90 bits per heavy atom. The summed E-state index contributed by atoms with van der Waals surface area (Å²) in [4.78, 5) is 24.5. The number of aliphatic carboxylic acids is 1. The maximum atomic E-state index is 12.2. The Kier molecular flexibility index (Phi) is 4.86. The number of carboxylic acid groups (broad SMARTS) is 1. The van der Waals surface area contributed by atoms with Gasteiger partial charge in [0.05, 0.1) is 6.10 Å². The van der Waals surface area contributed by atoms with Crippen molar-refractivity contribution >= 4 is 12.0 Å². The molecular formula is C14H24N2O4. The number of carbonyl (C=O) groups is 2. The molecule has 2 rings (SSSR count). The predicted octanol–water partition coefficient (Wildman–Crippen LogP) is 1.59. The van der Waals surface area contributed by atoms with E-state index in [4.69, 9.17) is 9.84 Å². The summed E-state index contributed by atoms with van der Waals surface area (Å²) in [5, 5.41) is 11.7. The highest BCUT2D eigenvalue weighted by atomic mass is 16.5. The lowest BCUT2D eigenvalue weighted by Gasteiger charge is -2.35. The number of likely N-dealkylation sites (tertiary alicyclic amines) is 1. The highest BCUT2D eigenvalue weighted by Gasteiger charge is 2.32. The maximum absolute atomic E-state index is 12.2. The fourth-order valence-corrected chi connectivity index (χ4v) is 3.03. The largest absolute Gasteiger partial charge is 0.480 e. The molecule has 114 valence electrons. The summed E-state index contributed by atoms with van der Waals surface area (Å²) in [5.41, 5.74) is -0.0479. The van der Waals surface area contributed by atoms with Gasteiger partial charge in [0.15, 0.2) is 0 Å². The predicted molar refractivity (Wildman–Crippen MR) is 73.6 cm³/mol. The van der Waals surface area contributed by atoms with Gasteiger partial charge in [0, 0.05) is 18.6 Å². The van der Waals surface area contributed by atoms with Crippen LogP contribution in [0.1, 0.15) is 45.4 Å². The van der Waals surface area contributed by atoms with Crippen molar-refractivity contribution in [3.8, 4) is 0 Å². The van der Waals surface area contributed by atoms with E-state index < -0.39 is 5.97 Å². The first-order valence-electron chi connectivity index (χ1n) is 7.39. The van der Waals surface area contributed by atoms with E-state index in [2.05, 4.69) is 12.2 Å². The molecule has 0 spiro atoms. The molecule has 0 radical (unpaired) electrons. The molecule has 0 atom stereocenters. The van der Waals surface area contributed by atoms with Crippen LogP contribution in [0, 0.1) is 0 Å². The Morgan fingerprint density at radius 1 is 1.30 bits per heavy atom. The number of hydrogen-bond acceptors (Lipinski definition) is 3. The SMILES string of the molecule is CC1(NC(=O)N2CCC(OCC(=O)O)CC2)CCCC1. The van der Waals surface area contributed by atoms with Gasteiger partial charge in [-0.05, 0) is 32.6 Å². The zero-order valence-corrected chi connectivity index (χ0v) is 12.1. The van der Waals surface area contributed by atoms with Gasteiger partial charge in [-0.15, -0.1) is 0 Å². The Balaban J connectivity index is 1.73. The average molecular weight is 284 g/mol. The molecule has 0 bridgehead atoms. The summed E-state index contributed by atoms with van der Waals surface area (Å²) >= 11 is 0. The van der Waals surface area contributed by atoms with Gasteiger partial charge in [-0.2, -0.15) is 0 Å². The van der Waals surface area contributed by atoms with E-state index in [9.17, 15) is 9.59 Å². The second-order valence-corrected chi connectivity index (χ2v) is 6.09. The zero-order chi connectivity index (χ0) is 14.6. The standard InChI is InChI=1S/C14H24N2O4/c1-14(6-2-3-7-14)15-13(19)16-8-4-11(5-9-16)20-10-12(17)18/h11H,2-10H2,1H3,(H,15,19)(H,17,18). The first-order chi connectivity index (χ1) is 9.48. The van der Waals surface area contributed by atoms with Crippen molar-refractivity contribution < 1.29 is 19.4 Å². The quantitative estimate of drug-likeness (QED) is 0.821. The van der Waals surface area contributed by atoms with Crippen LogP contribution >= 0.6 is 0 Å². The lowest BCUT2D eigenvalue weighted by molar-refractivity contribution is -0.145. The van der Waals surface area contributed by atoms with E-state index in [1.54, 1.807) is 0 Å². The van der Waals surface area contributed by atoms with Gasteiger partial charge in [0.2, 0.25) is 0 Å². The number of carboxylic acids is 1. The van der Waals surface area contributed by atoms with Gasteiger partial charge in [-0.25, -0.2) is 9.59 Å². The van der Waals surface area contributed by atoms with E-state index >= 15 is 0 Å². The van der Waals surface area contributed by atoms with E-state index in [1.807, 2.05) is 4.90 Å². The number of piperidine rings is 1. The van der Waals surface area contributed by atoms with Crippen molar-refractivity contribution in [2.75, 3.05) is 19.7 Å². The van der Waals surface area contributed by atoms with E-state index in [0.717, 1.165) is 12.8 Å². The maximum Gasteiger partial charge on any atom is 0.329 e. The van der Waals surface area contributed by atoms with E-state index in [1.165, 1.54) is 12.8 Å². The molecule has 1 aliphatic carbocycles. The number of nitrogens with zero attached hydrogens (tertiary/aromatic N) is 1. The minimum absolute atomic E-state index is 0.00563. The Bertz CT molecular complexity index is 358. The van der Waals surface area contributed by atoms with Crippen molar-refractivity contribution in [1.82, 2.24) is 10.2 Å². The van der Waals surface area contributed by atoms with Crippen molar-refractivity contribution in [2.45, 2.75) is 57.1 Å². The van der Waals surface area contributed by atoms with Gasteiger partial charge in [0.25, 0.3) is 0 Å². The molecule has 0 aromatic heterocycles. The molecule has 2 amide bonds. The summed E-state index contributed by atoms with van der Waals surface area (Å²) in [5.74, 6) is -0.945. The van der Waals surface area contributed by atoms with Crippen molar-refractivity contribution in [1.29, 1.82) is 0 Å². The van der Waals surface area contributed by atoms with Crippen LogP contribution in [0.15, 0.2) is 0 Å². The normalized spacial score (nSPS) is 22.8. The molecule has 1 saturated heterocycles. The molecule has 1 aliphatic heterocycles. The van der Waals surface area contributed by atoms with Crippen molar-refractivity contribution in [3.05, 3.63) is 0 Å². The van der Waals surface area contributed by atoms with Crippen molar-refractivity contribution in [3.63, 3.8) is 0 Å². The number of nitrogens with one attached hydrogen (secondary N) is 1. The van der Waals surface area contributed by atoms with Gasteiger partial charge in [0.1, 0.15) is 6.61 Å². The van der Waals surface area contributed by atoms with Crippen LogP contribution in [0.5, 0.6) is 0 Å². The number of rotatable bonds is 4. The van der Waals surface area contributed by atoms with Crippen LogP contribution in [0.4, 0.5) is 4.79 Å². The fourth-order valence-electron chi connectivity index (χ4n) is 3.03. The molecule has 2 fully saturated rings. The highest BCUT2D eigenvalue weighted by Crippen LogP contribution is 2.29. The molecule has 6 heteroatoms. The van der Waals surface area contributed by atoms with Crippen LogP contribution in [0.2, 0.25) is 0 Å². The number of ether oxygens (including phenoxy) is 1. The summed E-state index contributed by atoms with van der Waals surface area (Å²) < 4.78 is 5.27. The third kappa shape index (κ3) is 4.10. The average Bonchev–Trinajstić information content (AvgIpc) is 2.83. The second-order valence-electron chi connectivity index (χ2n) is 6.09. The lowest BCUT2D eigenvalue weighted by Crippen LogP contribution is -2.52. The first-order valence-corrected chi connectivity index (χ1v) is 7.39. The van der Waals surface area contributed by atoms with Gasteiger partial charge in [-0.3, -0.25) is 0 Å². The Labute approximate surface area is 119 Å². The Hall–Kier alpha value is -1.30. The minimum atomic E-state index is -0.945. The zero-order valence-electron chi connectivity index (χ0n) is 12.1. The molecule has 6 nitrogen and oxygen atoms in total. The molecule has 2 aliphatic rings. The van der Waals surface area contributed by atoms with E-state index in [0.29, 0.717) is 25.9 Å². The van der Waals surface area contributed by atoms with Crippen LogP contribution < -0.4 is 5.32 Å². The Morgan fingerprint density at radius 3 is 2.45 bits per heavy atom. The number of amides is 2. The molecular weight excluding hydrogens is 260 g/mol. The minimum Gasteiger partial charge on any atom is -0.480 e. The number of hydrogen-bond donors (Lipinski definition) is 2. The number of carbonyl (C=O) groups excluding carboxylic acids is 1. The van der Waals surface area contributed by atoms with Crippen LogP contribution in [-0.4, -0.2) is 53.3 Å². The molecule has 1 heterocycles. The molecule has 0 aromatic rings. The number of urea groups is 1. The lowest BCUT2D eigenvalue weighted by atomic mass is 10.0. The molecule has 1 saturated carbocycles. The summed E-state index contributed by atoms with van der Waals surface area (Å²) in [6.45, 7) is 3.12. The van der Waals surface area contributed by atoms with Crippen LogP contribution in [0.25, 0.3) is 0 Å². The molecule has 2 N–H and O–H groups in total. The van der Waals surface area contributed by atoms with Crippen LogP contribution in [0.3, 0.4) is 0 Å². The first kappa shape index (κ1) is 15.1. The highest BCUT2D eigenvalue weighted by molar-refractivity contribution is 5.75. The van der Waals surface area contributed by atoms with Crippen LogP contribution in [-0.2, 0) is 9.53 Å². The third-order valence-corrected chi connectivity index (χ3v) is 4.29.